The van der Waals surface area contributed by atoms with E-state index in [1.54, 1.807) is 0 Å². The van der Waals surface area contributed by atoms with Crippen LogP contribution in [0.3, 0.4) is 0 Å². The summed E-state index contributed by atoms with van der Waals surface area (Å²) in [5.74, 6) is 0. The number of aryl methyl sites for hydroxylation is 1. The van der Waals surface area contributed by atoms with Crippen LogP contribution >= 0.6 is 0 Å². The molecule has 0 spiro atoms. The Labute approximate surface area is 103 Å². The molecule has 0 aliphatic carbocycles. The van der Waals surface area contributed by atoms with Crippen molar-refractivity contribution in [2.75, 3.05) is 7.05 Å². The topological polar surface area (TPSA) is 29.9 Å². The average Bonchev–Trinajstić information content (AvgIpc) is 2.86. The fourth-order valence-corrected chi connectivity index (χ4v) is 1.95. The minimum absolute atomic E-state index is 0.368. The monoisotopic (exact) mass is 229 g/mol. The lowest BCUT2D eigenvalue weighted by Gasteiger charge is -2.12. The first-order valence-corrected chi connectivity index (χ1v) is 6.04. The van der Waals surface area contributed by atoms with E-state index in [-0.39, 0.29) is 0 Å². The summed E-state index contributed by atoms with van der Waals surface area (Å²) in [6.45, 7) is 5.24. The molecular formula is C14H19N3. The van der Waals surface area contributed by atoms with Gasteiger partial charge in [-0.05, 0) is 32.5 Å². The van der Waals surface area contributed by atoms with Gasteiger partial charge in [0.15, 0.2) is 0 Å². The van der Waals surface area contributed by atoms with Crippen molar-refractivity contribution in [3.8, 4) is 11.3 Å². The minimum Gasteiger partial charge on any atom is -0.331 e. The van der Waals surface area contributed by atoms with Crippen molar-refractivity contribution in [1.29, 1.82) is 0 Å². The average molecular weight is 229 g/mol. The lowest BCUT2D eigenvalue weighted by atomic mass is 10.0. The number of hydrogen-bond donors (Lipinski definition) is 1. The molecule has 0 aliphatic rings. The highest BCUT2D eigenvalue weighted by molar-refractivity contribution is 5.60. The Bertz CT molecular complexity index is 488. The van der Waals surface area contributed by atoms with Gasteiger partial charge in [-0.25, -0.2) is 4.98 Å². The molecule has 1 heterocycles. The van der Waals surface area contributed by atoms with E-state index in [9.17, 15) is 0 Å². The predicted molar refractivity (Wildman–Crippen MR) is 70.8 cm³/mol. The Balaban J connectivity index is 2.39. The molecule has 0 fully saturated rings. The van der Waals surface area contributed by atoms with Crippen LogP contribution in [0.25, 0.3) is 11.3 Å². The van der Waals surface area contributed by atoms with Gasteiger partial charge in [-0.3, -0.25) is 0 Å². The molecule has 3 nitrogen and oxygen atoms in total. The van der Waals surface area contributed by atoms with Gasteiger partial charge in [0.25, 0.3) is 0 Å². The van der Waals surface area contributed by atoms with Gasteiger partial charge in [-0.2, -0.15) is 0 Å². The van der Waals surface area contributed by atoms with Crippen LogP contribution < -0.4 is 5.32 Å². The van der Waals surface area contributed by atoms with Crippen molar-refractivity contribution in [3.05, 3.63) is 42.4 Å². The van der Waals surface area contributed by atoms with Crippen molar-refractivity contribution >= 4 is 0 Å². The number of rotatable bonds is 4. The molecular weight excluding hydrogens is 210 g/mol. The molecule has 1 aromatic carbocycles. The van der Waals surface area contributed by atoms with E-state index in [4.69, 9.17) is 0 Å². The smallest absolute Gasteiger partial charge is 0.0950 e. The third kappa shape index (κ3) is 2.39. The fraction of sp³-hybridized carbons (Fsp3) is 0.357. The van der Waals surface area contributed by atoms with Crippen LogP contribution in [0.15, 0.2) is 36.8 Å². The van der Waals surface area contributed by atoms with Gasteiger partial charge in [0.1, 0.15) is 0 Å². The van der Waals surface area contributed by atoms with Gasteiger partial charge < -0.3 is 9.88 Å². The first-order valence-electron chi connectivity index (χ1n) is 6.04. The van der Waals surface area contributed by atoms with E-state index in [1.807, 2.05) is 19.6 Å². The molecule has 1 atom stereocenters. The lowest BCUT2D eigenvalue weighted by molar-refractivity contribution is 0.652. The molecule has 3 heteroatoms. The maximum atomic E-state index is 4.21. The highest BCUT2D eigenvalue weighted by atomic mass is 15.0. The van der Waals surface area contributed by atoms with Gasteiger partial charge in [0.05, 0.1) is 18.2 Å². The molecule has 0 amide bonds. The van der Waals surface area contributed by atoms with E-state index in [0.717, 1.165) is 6.54 Å². The van der Waals surface area contributed by atoms with E-state index >= 15 is 0 Å². The van der Waals surface area contributed by atoms with Crippen LogP contribution in [-0.4, -0.2) is 16.6 Å². The number of nitrogens with one attached hydrogen (secondary N) is 1. The number of hydrogen-bond acceptors (Lipinski definition) is 2. The summed E-state index contributed by atoms with van der Waals surface area (Å²) in [6, 6.07) is 8.98. The summed E-state index contributed by atoms with van der Waals surface area (Å²) >= 11 is 0. The quantitative estimate of drug-likeness (QED) is 0.873. The van der Waals surface area contributed by atoms with Gasteiger partial charge in [0.2, 0.25) is 0 Å². The van der Waals surface area contributed by atoms with Crippen molar-refractivity contribution in [1.82, 2.24) is 14.9 Å². The molecule has 90 valence electrons. The van der Waals surface area contributed by atoms with Crippen molar-refractivity contribution in [3.63, 3.8) is 0 Å². The van der Waals surface area contributed by atoms with Gasteiger partial charge in [-0.15, -0.1) is 0 Å². The number of aromatic nitrogens is 2. The van der Waals surface area contributed by atoms with E-state index in [1.165, 1.54) is 16.8 Å². The van der Waals surface area contributed by atoms with Crippen LogP contribution in [0.1, 0.15) is 25.5 Å². The number of benzene rings is 1. The Hall–Kier alpha value is -1.61. The first-order chi connectivity index (χ1) is 8.26. The third-order valence-electron chi connectivity index (χ3n) is 3.17. The largest absolute Gasteiger partial charge is 0.331 e. The summed E-state index contributed by atoms with van der Waals surface area (Å²) in [5.41, 5.74) is 3.70. The molecule has 2 aromatic rings. The zero-order valence-electron chi connectivity index (χ0n) is 10.6. The molecule has 1 aromatic heterocycles. The third-order valence-corrected chi connectivity index (χ3v) is 3.17. The molecule has 0 saturated carbocycles. The highest BCUT2D eigenvalue weighted by Gasteiger charge is 2.07. The van der Waals surface area contributed by atoms with Crippen LogP contribution in [0.4, 0.5) is 0 Å². The molecule has 2 rings (SSSR count). The lowest BCUT2D eigenvalue weighted by Crippen LogP contribution is -2.12. The minimum atomic E-state index is 0.368. The van der Waals surface area contributed by atoms with Crippen LogP contribution in [0.2, 0.25) is 0 Å². The summed E-state index contributed by atoms with van der Waals surface area (Å²) in [7, 11) is 1.98. The van der Waals surface area contributed by atoms with Gasteiger partial charge in [0, 0.05) is 18.2 Å². The number of nitrogens with zero attached hydrogens (tertiary/aromatic N) is 2. The predicted octanol–water partition coefficient (Wildman–Crippen LogP) is 2.85. The first kappa shape index (κ1) is 11.9. The van der Waals surface area contributed by atoms with Crippen LogP contribution in [-0.2, 0) is 6.54 Å². The normalized spacial score (nSPS) is 12.6. The summed E-state index contributed by atoms with van der Waals surface area (Å²) in [4.78, 5) is 4.21. The molecule has 1 N–H and O–H groups in total. The van der Waals surface area contributed by atoms with E-state index in [0.29, 0.717) is 6.04 Å². The zero-order chi connectivity index (χ0) is 12.3. The molecule has 0 saturated heterocycles. The van der Waals surface area contributed by atoms with E-state index in [2.05, 4.69) is 53.0 Å². The van der Waals surface area contributed by atoms with Crippen molar-refractivity contribution in [2.24, 2.45) is 0 Å². The Morgan fingerprint density at radius 1 is 1.41 bits per heavy atom. The van der Waals surface area contributed by atoms with E-state index < -0.39 is 0 Å². The second-order valence-electron chi connectivity index (χ2n) is 4.20. The summed E-state index contributed by atoms with van der Waals surface area (Å²) in [5, 5.41) is 3.26. The highest BCUT2D eigenvalue weighted by Crippen LogP contribution is 2.22. The summed E-state index contributed by atoms with van der Waals surface area (Å²) < 4.78 is 2.16. The van der Waals surface area contributed by atoms with Gasteiger partial charge >= 0.3 is 0 Å². The Morgan fingerprint density at radius 2 is 2.24 bits per heavy atom. The molecule has 17 heavy (non-hydrogen) atoms. The van der Waals surface area contributed by atoms with Gasteiger partial charge in [-0.1, -0.05) is 18.2 Å². The summed E-state index contributed by atoms with van der Waals surface area (Å²) in [6.07, 6.45) is 3.80. The maximum Gasteiger partial charge on any atom is 0.0950 e. The SMILES string of the molecule is CCn1cncc1-c1cccc(C(C)NC)c1. The maximum absolute atomic E-state index is 4.21. The molecule has 0 bridgehead atoms. The Kier molecular flexibility index (Phi) is 3.59. The fourth-order valence-electron chi connectivity index (χ4n) is 1.95. The standard InChI is InChI=1S/C14H19N3/c1-4-17-10-16-9-14(17)13-7-5-6-12(8-13)11(2)15-3/h5-11,15H,4H2,1-3H3. The second-order valence-corrected chi connectivity index (χ2v) is 4.20. The van der Waals surface area contributed by atoms with Crippen molar-refractivity contribution in [2.45, 2.75) is 26.4 Å². The second kappa shape index (κ2) is 5.15. The molecule has 0 radical (unpaired) electrons. The van der Waals surface area contributed by atoms with Crippen molar-refractivity contribution < 1.29 is 0 Å². The zero-order valence-corrected chi connectivity index (χ0v) is 10.6. The molecule has 0 aliphatic heterocycles. The molecule has 1 unspecified atom stereocenters. The number of imidazole rings is 1. The Morgan fingerprint density at radius 3 is 2.94 bits per heavy atom. The van der Waals surface area contributed by atoms with Crippen LogP contribution in [0, 0.1) is 0 Å². The van der Waals surface area contributed by atoms with Crippen LogP contribution in [0.5, 0.6) is 0 Å².